The van der Waals surface area contributed by atoms with Gasteiger partial charge in [0.1, 0.15) is 0 Å². The quantitative estimate of drug-likeness (QED) is 0.364. The van der Waals surface area contributed by atoms with Gasteiger partial charge in [0.2, 0.25) is 0 Å². The fourth-order valence-corrected chi connectivity index (χ4v) is 2.42. The van der Waals surface area contributed by atoms with Gasteiger partial charge >= 0.3 is 19.4 Å². The molecule has 0 saturated carbocycles. The van der Waals surface area contributed by atoms with Crippen molar-refractivity contribution in [2.24, 2.45) is 0 Å². The van der Waals surface area contributed by atoms with Crippen molar-refractivity contribution in [1.82, 2.24) is 4.98 Å². The average Bonchev–Trinajstić information content (AvgIpc) is 2.77. The summed E-state index contributed by atoms with van der Waals surface area (Å²) in [4.78, 5) is 27.5. The Morgan fingerprint density at radius 2 is 1.81 bits per heavy atom. The van der Waals surface area contributed by atoms with Crippen LogP contribution in [0.15, 0.2) is 12.4 Å². The number of carbonyl (C=O) groups is 2. The molecule has 0 radical (unpaired) electrons. The van der Waals surface area contributed by atoms with Gasteiger partial charge in [-0.3, -0.25) is 10.3 Å². The summed E-state index contributed by atoms with van der Waals surface area (Å²) in [6.07, 6.45) is 2.70. The van der Waals surface area contributed by atoms with Gasteiger partial charge < -0.3 is 18.8 Å². The Labute approximate surface area is 160 Å². The highest BCUT2D eigenvalue weighted by atomic mass is 16.7. The number of unbranched alkanes of at least 4 members (excludes halogenated alkanes) is 1. The third-order valence-electron chi connectivity index (χ3n) is 4.89. The molecule has 2 heterocycles. The van der Waals surface area contributed by atoms with E-state index in [9.17, 15) is 9.59 Å². The van der Waals surface area contributed by atoms with Crippen LogP contribution in [-0.4, -0.2) is 42.2 Å². The normalized spacial score (nSPS) is 17.5. The van der Waals surface area contributed by atoms with Crippen LogP contribution >= 0.6 is 0 Å². The first-order chi connectivity index (χ1) is 12.6. The minimum absolute atomic E-state index is 0.209. The van der Waals surface area contributed by atoms with E-state index in [0.29, 0.717) is 23.1 Å². The van der Waals surface area contributed by atoms with Crippen molar-refractivity contribution < 1.29 is 28.4 Å². The summed E-state index contributed by atoms with van der Waals surface area (Å²) in [5.41, 5.74) is 0.814. The number of amides is 1. The molecule has 2 rings (SSSR count). The third-order valence-corrected chi connectivity index (χ3v) is 4.89. The molecule has 9 heteroatoms. The summed E-state index contributed by atoms with van der Waals surface area (Å²) in [6.45, 7) is 11.8. The largest absolute Gasteiger partial charge is 0.517 e. The number of nitrogens with zero attached hydrogens (tertiary/aromatic N) is 1. The summed E-state index contributed by atoms with van der Waals surface area (Å²) in [7, 11) is -0.612. The summed E-state index contributed by atoms with van der Waals surface area (Å²) in [6, 6.07) is 0. The van der Waals surface area contributed by atoms with E-state index >= 15 is 0 Å². The minimum atomic E-state index is -1.03. The molecule has 1 aliphatic heterocycles. The molecule has 1 aromatic heterocycles. The lowest BCUT2D eigenvalue weighted by Crippen LogP contribution is -2.41. The molecule has 1 fully saturated rings. The molecule has 1 N–H and O–H groups in total. The van der Waals surface area contributed by atoms with Crippen LogP contribution in [-0.2, 0) is 18.8 Å². The number of anilines is 1. The van der Waals surface area contributed by atoms with Gasteiger partial charge in [-0.05, 0) is 46.6 Å². The minimum Gasteiger partial charge on any atom is -0.434 e. The number of rotatable bonds is 5. The molecule has 148 valence electrons. The molecule has 0 aliphatic carbocycles. The molecule has 8 nitrogen and oxygen atoms in total. The van der Waals surface area contributed by atoms with Crippen molar-refractivity contribution in [1.29, 1.82) is 0 Å². The highest BCUT2D eigenvalue weighted by Crippen LogP contribution is 2.36. The number of pyridine rings is 1. The predicted molar refractivity (Wildman–Crippen MR) is 101 cm³/mol. The van der Waals surface area contributed by atoms with Gasteiger partial charge in [0, 0.05) is 11.7 Å². The van der Waals surface area contributed by atoms with Gasteiger partial charge in [-0.15, -0.1) is 0 Å². The van der Waals surface area contributed by atoms with Gasteiger partial charge in [0.05, 0.1) is 29.7 Å². The van der Waals surface area contributed by atoms with Crippen LogP contribution in [0.5, 0.6) is 0 Å². The molecule has 0 spiro atoms. The number of nitrogens with one attached hydrogen (secondary N) is 1. The Bertz CT molecular complexity index is 691. The Balaban J connectivity index is 2.05. The zero-order valence-electron chi connectivity index (χ0n) is 16.8. The smallest absolute Gasteiger partial charge is 0.434 e. The van der Waals surface area contributed by atoms with Crippen molar-refractivity contribution in [2.75, 3.05) is 11.9 Å². The highest BCUT2D eigenvalue weighted by Gasteiger charge is 2.52. The molecule has 27 heavy (non-hydrogen) atoms. The number of hydrogen-bond donors (Lipinski definition) is 1. The van der Waals surface area contributed by atoms with E-state index in [0.717, 1.165) is 6.42 Å². The lowest BCUT2D eigenvalue weighted by atomic mass is 9.77. The molecule has 0 atom stereocenters. The van der Waals surface area contributed by atoms with E-state index in [1.165, 1.54) is 6.20 Å². The standard InChI is InChI=1S/C18H27BN2O6/c1-7-8-9-24-16(23)25-15(22)21-14-11-20-10-13(12(14)2)19-26-17(3,4)18(5,6)27-19/h10-11H,7-9H2,1-6H3,(H,21,22). The van der Waals surface area contributed by atoms with Crippen molar-refractivity contribution in [3.63, 3.8) is 0 Å². The van der Waals surface area contributed by atoms with Crippen molar-refractivity contribution in [2.45, 2.75) is 65.6 Å². The number of hydrogen-bond acceptors (Lipinski definition) is 7. The predicted octanol–water partition coefficient (Wildman–Crippen LogP) is 3.17. The summed E-state index contributed by atoms with van der Waals surface area (Å²) in [5, 5.41) is 2.50. The Morgan fingerprint density at radius 1 is 1.19 bits per heavy atom. The molecule has 1 aromatic rings. The molecule has 1 saturated heterocycles. The van der Waals surface area contributed by atoms with E-state index in [4.69, 9.17) is 14.0 Å². The van der Waals surface area contributed by atoms with E-state index in [-0.39, 0.29) is 6.61 Å². The van der Waals surface area contributed by atoms with E-state index in [2.05, 4.69) is 15.0 Å². The SMILES string of the molecule is CCCCOC(=O)OC(=O)Nc1cncc(B2OC(C)(C)C(C)(C)O2)c1C. The highest BCUT2D eigenvalue weighted by molar-refractivity contribution is 6.62. The van der Waals surface area contributed by atoms with Crippen LogP contribution in [0.3, 0.4) is 0 Å². The van der Waals surface area contributed by atoms with Gasteiger partial charge in [-0.1, -0.05) is 13.3 Å². The van der Waals surface area contributed by atoms with Crippen LogP contribution in [0.1, 0.15) is 53.0 Å². The number of aromatic nitrogens is 1. The summed E-state index contributed by atoms with van der Waals surface area (Å²) >= 11 is 0. The van der Waals surface area contributed by atoms with E-state index < -0.39 is 30.6 Å². The maximum Gasteiger partial charge on any atom is 0.517 e. The lowest BCUT2D eigenvalue weighted by molar-refractivity contribution is 0.00578. The van der Waals surface area contributed by atoms with Crippen molar-refractivity contribution in [3.05, 3.63) is 18.0 Å². The maximum absolute atomic E-state index is 11.9. The molecule has 0 unspecified atom stereocenters. The zero-order valence-corrected chi connectivity index (χ0v) is 16.8. The monoisotopic (exact) mass is 378 g/mol. The van der Waals surface area contributed by atoms with Gasteiger partial charge in [0.25, 0.3) is 0 Å². The van der Waals surface area contributed by atoms with Crippen LogP contribution in [0.25, 0.3) is 0 Å². The van der Waals surface area contributed by atoms with Crippen molar-refractivity contribution >= 4 is 30.5 Å². The molecule has 1 amide bonds. The average molecular weight is 378 g/mol. The first kappa shape index (κ1) is 21.2. The van der Waals surface area contributed by atoms with Crippen LogP contribution in [0.4, 0.5) is 15.3 Å². The van der Waals surface area contributed by atoms with Crippen LogP contribution in [0, 0.1) is 6.92 Å². The summed E-state index contributed by atoms with van der Waals surface area (Å²) in [5.74, 6) is 0. The molecular formula is C18H27BN2O6. The third kappa shape index (κ3) is 4.98. The Morgan fingerprint density at radius 3 is 2.41 bits per heavy atom. The lowest BCUT2D eigenvalue weighted by Gasteiger charge is -2.32. The Hall–Kier alpha value is -2.13. The fraction of sp³-hybridized carbons (Fsp3) is 0.611. The van der Waals surface area contributed by atoms with E-state index in [1.54, 1.807) is 13.1 Å². The Kier molecular flexibility index (Phi) is 6.48. The molecule has 0 bridgehead atoms. The first-order valence-corrected chi connectivity index (χ1v) is 9.03. The second kappa shape index (κ2) is 8.27. The number of carbonyl (C=O) groups excluding carboxylic acids is 2. The summed E-state index contributed by atoms with van der Waals surface area (Å²) < 4.78 is 21.4. The zero-order chi connectivity index (χ0) is 20.2. The molecule has 1 aliphatic rings. The molecular weight excluding hydrogens is 351 g/mol. The van der Waals surface area contributed by atoms with E-state index in [1.807, 2.05) is 34.6 Å². The topological polar surface area (TPSA) is 96.0 Å². The first-order valence-electron chi connectivity index (χ1n) is 9.03. The fourth-order valence-electron chi connectivity index (χ4n) is 2.42. The maximum atomic E-state index is 11.9. The van der Waals surface area contributed by atoms with Gasteiger partial charge in [-0.25, -0.2) is 9.59 Å². The van der Waals surface area contributed by atoms with Crippen molar-refractivity contribution in [3.8, 4) is 0 Å². The van der Waals surface area contributed by atoms with Gasteiger partial charge in [0.15, 0.2) is 0 Å². The second-order valence-electron chi connectivity index (χ2n) is 7.46. The number of ether oxygens (including phenoxy) is 2. The second-order valence-corrected chi connectivity index (χ2v) is 7.46. The van der Waals surface area contributed by atoms with Crippen LogP contribution in [0.2, 0.25) is 0 Å². The molecule has 0 aromatic carbocycles. The van der Waals surface area contributed by atoms with Crippen LogP contribution < -0.4 is 10.8 Å². The van der Waals surface area contributed by atoms with Gasteiger partial charge in [-0.2, -0.15) is 0 Å².